The number of pyridine rings is 1. The standard InChI is InChI=1S/C14H16N4OS/c15-17-10-3-6-13(16-8-10)14(19)18(11-4-5-11)9-12-2-1-7-20-12/h1-3,6-8,11,17H,4-5,9,15H2. The first-order valence-corrected chi connectivity index (χ1v) is 7.42. The maximum absolute atomic E-state index is 12.6. The van der Waals surface area contributed by atoms with Gasteiger partial charge in [0.2, 0.25) is 0 Å². The van der Waals surface area contributed by atoms with Crippen LogP contribution in [0.4, 0.5) is 5.69 Å². The molecule has 2 heterocycles. The normalized spacial score (nSPS) is 14.1. The summed E-state index contributed by atoms with van der Waals surface area (Å²) in [7, 11) is 0. The molecule has 0 saturated heterocycles. The lowest BCUT2D eigenvalue weighted by atomic mass is 10.3. The van der Waals surface area contributed by atoms with Crippen molar-refractivity contribution in [2.45, 2.75) is 25.4 Å². The average Bonchev–Trinajstić information content (AvgIpc) is 3.21. The van der Waals surface area contributed by atoms with Gasteiger partial charge in [-0.3, -0.25) is 10.6 Å². The maximum Gasteiger partial charge on any atom is 0.273 e. The second kappa shape index (κ2) is 5.60. The van der Waals surface area contributed by atoms with Crippen molar-refractivity contribution in [3.8, 4) is 0 Å². The van der Waals surface area contributed by atoms with Crippen LogP contribution in [0.5, 0.6) is 0 Å². The first-order chi connectivity index (χ1) is 9.78. The third-order valence-corrected chi connectivity index (χ3v) is 4.17. The Bertz CT molecular complexity index is 578. The molecule has 104 valence electrons. The van der Waals surface area contributed by atoms with Crippen molar-refractivity contribution in [2.75, 3.05) is 5.43 Å². The molecule has 1 saturated carbocycles. The molecule has 5 nitrogen and oxygen atoms in total. The van der Waals surface area contributed by atoms with Gasteiger partial charge in [-0.15, -0.1) is 11.3 Å². The van der Waals surface area contributed by atoms with Gasteiger partial charge in [0.05, 0.1) is 18.4 Å². The summed E-state index contributed by atoms with van der Waals surface area (Å²) in [5.74, 6) is 5.29. The zero-order valence-electron chi connectivity index (χ0n) is 11.0. The number of rotatable bonds is 5. The highest BCUT2D eigenvalue weighted by atomic mass is 32.1. The van der Waals surface area contributed by atoms with Crippen molar-refractivity contribution in [3.63, 3.8) is 0 Å². The third kappa shape index (κ3) is 2.81. The van der Waals surface area contributed by atoms with Gasteiger partial charge in [0.1, 0.15) is 5.69 Å². The lowest BCUT2D eigenvalue weighted by molar-refractivity contribution is 0.0726. The first kappa shape index (κ1) is 13.1. The minimum Gasteiger partial charge on any atom is -0.329 e. The SMILES string of the molecule is NNc1ccc(C(=O)N(Cc2cccs2)C2CC2)nc1. The fourth-order valence-electron chi connectivity index (χ4n) is 2.08. The van der Waals surface area contributed by atoms with E-state index in [0.29, 0.717) is 24.0 Å². The smallest absolute Gasteiger partial charge is 0.273 e. The van der Waals surface area contributed by atoms with Crippen molar-refractivity contribution >= 4 is 22.9 Å². The van der Waals surface area contributed by atoms with E-state index in [0.717, 1.165) is 12.8 Å². The number of nitrogen functional groups attached to an aromatic ring is 1. The van der Waals surface area contributed by atoms with Gasteiger partial charge in [0.25, 0.3) is 5.91 Å². The van der Waals surface area contributed by atoms with Crippen LogP contribution in [-0.4, -0.2) is 21.8 Å². The molecule has 0 bridgehead atoms. The van der Waals surface area contributed by atoms with E-state index in [1.807, 2.05) is 16.3 Å². The molecule has 0 aliphatic heterocycles. The van der Waals surface area contributed by atoms with E-state index in [1.54, 1.807) is 29.7 Å². The Hall–Kier alpha value is -1.92. The second-order valence-corrected chi connectivity index (χ2v) is 5.85. The molecule has 0 unspecified atom stereocenters. The maximum atomic E-state index is 12.6. The van der Waals surface area contributed by atoms with Crippen molar-refractivity contribution in [1.82, 2.24) is 9.88 Å². The highest BCUT2D eigenvalue weighted by Crippen LogP contribution is 2.30. The molecule has 2 aromatic rings. The van der Waals surface area contributed by atoms with Gasteiger partial charge in [-0.1, -0.05) is 6.07 Å². The van der Waals surface area contributed by atoms with Crippen LogP contribution < -0.4 is 11.3 Å². The number of hydrogen-bond donors (Lipinski definition) is 2. The van der Waals surface area contributed by atoms with Crippen LogP contribution in [0.15, 0.2) is 35.8 Å². The van der Waals surface area contributed by atoms with Gasteiger partial charge in [-0.05, 0) is 36.4 Å². The molecule has 0 aromatic carbocycles. The Balaban J connectivity index is 1.77. The molecule has 3 rings (SSSR count). The number of amides is 1. The minimum absolute atomic E-state index is 0.00975. The number of aromatic nitrogens is 1. The molecular weight excluding hydrogens is 272 g/mol. The van der Waals surface area contributed by atoms with Crippen molar-refractivity contribution in [2.24, 2.45) is 5.84 Å². The number of nitrogens with zero attached hydrogens (tertiary/aromatic N) is 2. The molecule has 1 aliphatic carbocycles. The largest absolute Gasteiger partial charge is 0.329 e. The van der Waals surface area contributed by atoms with Crippen LogP contribution in [0, 0.1) is 0 Å². The van der Waals surface area contributed by atoms with Crippen molar-refractivity contribution < 1.29 is 4.79 Å². The number of thiophene rings is 1. The number of hydrogen-bond acceptors (Lipinski definition) is 5. The summed E-state index contributed by atoms with van der Waals surface area (Å²) in [6.07, 6.45) is 3.74. The fraction of sp³-hybridized carbons (Fsp3) is 0.286. The van der Waals surface area contributed by atoms with E-state index in [9.17, 15) is 4.79 Å². The molecule has 0 atom stereocenters. The highest BCUT2D eigenvalue weighted by Gasteiger charge is 2.33. The Morgan fingerprint density at radius 1 is 1.45 bits per heavy atom. The molecule has 0 radical (unpaired) electrons. The lowest BCUT2D eigenvalue weighted by Gasteiger charge is -2.21. The number of anilines is 1. The van der Waals surface area contributed by atoms with Crippen LogP contribution in [0.1, 0.15) is 28.2 Å². The Kier molecular flexibility index (Phi) is 3.66. The van der Waals surface area contributed by atoms with E-state index < -0.39 is 0 Å². The third-order valence-electron chi connectivity index (χ3n) is 3.30. The van der Waals surface area contributed by atoms with Crippen LogP contribution in [0.3, 0.4) is 0 Å². The molecule has 20 heavy (non-hydrogen) atoms. The Labute approximate surface area is 121 Å². The summed E-state index contributed by atoms with van der Waals surface area (Å²) < 4.78 is 0. The summed E-state index contributed by atoms with van der Waals surface area (Å²) >= 11 is 1.67. The summed E-state index contributed by atoms with van der Waals surface area (Å²) in [6, 6.07) is 7.90. The van der Waals surface area contributed by atoms with Gasteiger partial charge in [-0.25, -0.2) is 4.98 Å². The number of carbonyl (C=O) groups excluding carboxylic acids is 1. The van der Waals surface area contributed by atoms with Gasteiger partial charge in [0, 0.05) is 10.9 Å². The predicted octanol–water partition coefficient (Wildman–Crippen LogP) is 2.23. The Morgan fingerprint density at radius 3 is 2.85 bits per heavy atom. The van der Waals surface area contributed by atoms with Crippen LogP contribution in [0.2, 0.25) is 0 Å². The summed E-state index contributed by atoms with van der Waals surface area (Å²) in [5.41, 5.74) is 3.67. The molecule has 2 aromatic heterocycles. The second-order valence-electron chi connectivity index (χ2n) is 4.82. The Morgan fingerprint density at radius 2 is 2.30 bits per heavy atom. The molecule has 1 aliphatic rings. The molecule has 1 fully saturated rings. The van der Waals surface area contributed by atoms with Crippen LogP contribution in [-0.2, 0) is 6.54 Å². The van der Waals surface area contributed by atoms with E-state index in [1.165, 1.54) is 4.88 Å². The number of nitrogens with two attached hydrogens (primary N) is 1. The zero-order chi connectivity index (χ0) is 13.9. The molecular formula is C14H16N4OS. The van der Waals surface area contributed by atoms with Gasteiger partial charge >= 0.3 is 0 Å². The number of nitrogens with one attached hydrogen (secondary N) is 1. The van der Waals surface area contributed by atoms with Gasteiger partial charge in [0.15, 0.2) is 0 Å². The number of carbonyl (C=O) groups is 1. The lowest BCUT2D eigenvalue weighted by Crippen LogP contribution is -2.32. The highest BCUT2D eigenvalue weighted by molar-refractivity contribution is 7.09. The van der Waals surface area contributed by atoms with E-state index >= 15 is 0 Å². The van der Waals surface area contributed by atoms with E-state index in [-0.39, 0.29) is 5.91 Å². The van der Waals surface area contributed by atoms with Gasteiger partial charge in [-0.2, -0.15) is 0 Å². The topological polar surface area (TPSA) is 71.2 Å². The zero-order valence-corrected chi connectivity index (χ0v) is 11.8. The van der Waals surface area contributed by atoms with Crippen LogP contribution >= 0.6 is 11.3 Å². The monoisotopic (exact) mass is 288 g/mol. The average molecular weight is 288 g/mol. The summed E-state index contributed by atoms with van der Waals surface area (Å²) in [6.45, 7) is 0.666. The van der Waals surface area contributed by atoms with Crippen molar-refractivity contribution in [1.29, 1.82) is 0 Å². The minimum atomic E-state index is -0.00975. The quantitative estimate of drug-likeness (QED) is 0.654. The van der Waals surface area contributed by atoms with Gasteiger partial charge < -0.3 is 10.3 Å². The summed E-state index contributed by atoms with van der Waals surface area (Å²) in [5, 5.41) is 2.03. The molecule has 1 amide bonds. The number of hydrazine groups is 1. The summed E-state index contributed by atoms with van der Waals surface area (Å²) in [4.78, 5) is 19.9. The molecule has 0 spiro atoms. The van der Waals surface area contributed by atoms with Crippen molar-refractivity contribution in [3.05, 3.63) is 46.4 Å². The van der Waals surface area contributed by atoms with Crippen LogP contribution in [0.25, 0.3) is 0 Å². The fourth-order valence-corrected chi connectivity index (χ4v) is 2.78. The molecule has 6 heteroatoms. The first-order valence-electron chi connectivity index (χ1n) is 6.54. The van der Waals surface area contributed by atoms with E-state index in [4.69, 9.17) is 5.84 Å². The molecule has 3 N–H and O–H groups in total. The van der Waals surface area contributed by atoms with E-state index in [2.05, 4.69) is 16.5 Å². The predicted molar refractivity (Wildman–Crippen MR) is 79.3 cm³/mol.